The highest BCUT2D eigenvalue weighted by atomic mass is 16.3. The number of pyridine rings is 1. The van der Waals surface area contributed by atoms with E-state index in [-0.39, 0.29) is 11.3 Å². The smallest absolute Gasteiger partial charge is 0.290 e. The third-order valence-electron chi connectivity index (χ3n) is 5.15. The summed E-state index contributed by atoms with van der Waals surface area (Å²) >= 11 is 0. The van der Waals surface area contributed by atoms with E-state index in [0.29, 0.717) is 18.7 Å². The number of nitrogens with zero attached hydrogens (tertiary/aromatic N) is 3. The third-order valence-corrected chi connectivity index (χ3v) is 5.15. The van der Waals surface area contributed by atoms with E-state index in [1.165, 1.54) is 12.3 Å². The first-order valence-electron chi connectivity index (χ1n) is 9.11. The Bertz CT molecular complexity index is 855. The van der Waals surface area contributed by atoms with Gasteiger partial charge in [0.2, 0.25) is 5.78 Å². The van der Waals surface area contributed by atoms with Crippen LogP contribution in [0.1, 0.15) is 35.0 Å². The number of carbonyl (C=O) groups is 2. The number of rotatable bonds is 6. The van der Waals surface area contributed by atoms with E-state index in [0.717, 1.165) is 25.9 Å². The molecule has 4 heterocycles. The van der Waals surface area contributed by atoms with Gasteiger partial charge in [-0.1, -0.05) is 6.07 Å². The van der Waals surface area contributed by atoms with Crippen LogP contribution in [0.5, 0.6) is 0 Å². The molecule has 4 rings (SSSR count). The number of hydrogen-bond acceptors (Lipinski definition) is 6. The summed E-state index contributed by atoms with van der Waals surface area (Å²) in [5.74, 6) is -1.42. The van der Waals surface area contributed by atoms with Gasteiger partial charge in [-0.05, 0) is 49.7 Å². The fourth-order valence-electron chi connectivity index (χ4n) is 3.80. The number of hydrogen-bond donors (Lipinski definition) is 1. The minimum atomic E-state index is -0.675. The van der Waals surface area contributed by atoms with Crippen LogP contribution >= 0.6 is 0 Å². The van der Waals surface area contributed by atoms with Crippen LogP contribution in [0.2, 0.25) is 0 Å². The molecule has 7 heteroatoms. The summed E-state index contributed by atoms with van der Waals surface area (Å²) in [6.07, 6.45) is 6.96. The quantitative estimate of drug-likeness (QED) is 0.789. The van der Waals surface area contributed by atoms with Gasteiger partial charge in [0.1, 0.15) is 0 Å². The van der Waals surface area contributed by atoms with Crippen molar-refractivity contribution in [3.05, 3.63) is 65.6 Å². The number of furan rings is 1. The highest BCUT2D eigenvalue weighted by Gasteiger charge is 2.44. The van der Waals surface area contributed by atoms with Gasteiger partial charge in [-0.25, -0.2) is 0 Å². The van der Waals surface area contributed by atoms with E-state index in [1.807, 2.05) is 6.07 Å². The number of aliphatic hydroxyl groups is 1. The van der Waals surface area contributed by atoms with Crippen molar-refractivity contribution in [2.45, 2.75) is 18.9 Å². The summed E-state index contributed by atoms with van der Waals surface area (Å²) in [5.41, 5.74) is 0.732. The molecule has 0 spiro atoms. The van der Waals surface area contributed by atoms with Crippen molar-refractivity contribution in [3.63, 3.8) is 0 Å². The standard InChI is InChI=1S/C20H21N3O4/c24-18(15-6-4-12-27-15)16-17(14-5-3-7-21-13-14)23(20(26)19(16)25)11-10-22-8-1-2-9-22/h3-7,12-13,17,25H,1-2,8-11H2. The molecule has 1 amide bonds. The van der Waals surface area contributed by atoms with Gasteiger partial charge in [-0.2, -0.15) is 0 Å². The molecule has 2 aromatic heterocycles. The summed E-state index contributed by atoms with van der Waals surface area (Å²) in [6, 6.07) is 6.02. The molecule has 1 atom stereocenters. The highest BCUT2D eigenvalue weighted by molar-refractivity contribution is 6.14. The first-order valence-corrected chi connectivity index (χ1v) is 9.11. The van der Waals surface area contributed by atoms with Gasteiger partial charge in [0.05, 0.1) is 17.9 Å². The second-order valence-corrected chi connectivity index (χ2v) is 6.80. The highest BCUT2D eigenvalue weighted by Crippen LogP contribution is 2.38. The van der Waals surface area contributed by atoms with Gasteiger partial charge in [0.25, 0.3) is 5.91 Å². The maximum Gasteiger partial charge on any atom is 0.290 e. The van der Waals surface area contributed by atoms with Crippen LogP contribution in [-0.2, 0) is 4.79 Å². The molecule has 1 saturated heterocycles. The van der Waals surface area contributed by atoms with E-state index in [1.54, 1.807) is 29.4 Å². The normalized spacial score (nSPS) is 20.7. The van der Waals surface area contributed by atoms with Gasteiger partial charge in [-0.15, -0.1) is 0 Å². The fraction of sp³-hybridized carbons (Fsp3) is 0.350. The molecule has 0 radical (unpaired) electrons. The zero-order valence-electron chi connectivity index (χ0n) is 14.9. The lowest BCUT2D eigenvalue weighted by Crippen LogP contribution is -2.38. The Morgan fingerprint density at radius 2 is 2.04 bits per heavy atom. The lowest BCUT2D eigenvalue weighted by Gasteiger charge is -2.28. The van der Waals surface area contributed by atoms with Gasteiger partial charge < -0.3 is 19.3 Å². The molecular weight excluding hydrogens is 346 g/mol. The lowest BCUT2D eigenvalue weighted by molar-refractivity contribution is -0.129. The minimum Gasteiger partial charge on any atom is -0.503 e. The number of likely N-dealkylation sites (tertiary alicyclic amines) is 1. The van der Waals surface area contributed by atoms with E-state index in [4.69, 9.17) is 4.42 Å². The van der Waals surface area contributed by atoms with Crippen molar-refractivity contribution in [3.8, 4) is 0 Å². The molecule has 0 saturated carbocycles. The van der Waals surface area contributed by atoms with Crippen LogP contribution in [-0.4, -0.2) is 57.8 Å². The molecule has 0 bridgehead atoms. The third kappa shape index (κ3) is 3.26. The van der Waals surface area contributed by atoms with Crippen molar-refractivity contribution < 1.29 is 19.1 Å². The zero-order valence-corrected chi connectivity index (χ0v) is 14.9. The molecule has 0 aliphatic carbocycles. The minimum absolute atomic E-state index is 0.0457. The van der Waals surface area contributed by atoms with Crippen molar-refractivity contribution in [1.82, 2.24) is 14.8 Å². The molecule has 2 aliphatic heterocycles. The first kappa shape index (κ1) is 17.5. The van der Waals surface area contributed by atoms with Gasteiger partial charge >= 0.3 is 0 Å². The van der Waals surface area contributed by atoms with E-state index < -0.39 is 23.5 Å². The number of ketones is 1. The van der Waals surface area contributed by atoms with Crippen LogP contribution in [0.25, 0.3) is 0 Å². The summed E-state index contributed by atoms with van der Waals surface area (Å²) in [6.45, 7) is 3.16. The Kier molecular flexibility index (Phi) is 4.77. The average molecular weight is 367 g/mol. The Labute approximate surface area is 156 Å². The van der Waals surface area contributed by atoms with Crippen LogP contribution < -0.4 is 0 Å². The first-order chi connectivity index (χ1) is 13.2. The lowest BCUT2D eigenvalue weighted by atomic mass is 9.96. The largest absolute Gasteiger partial charge is 0.503 e. The second-order valence-electron chi connectivity index (χ2n) is 6.80. The molecule has 1 N–H and O–H groups in total. The Hall–Kier alpha value is -2.93. The van der Waals surface area contributed by atoms with Crippen molar-refractivity contribution in [2.24, 2.45) is 0 Å². The molecule has 2 aromatic rings. The van der Waals surface area contributed by atoms with Crippen molar-refractivity contribution in [2.75, 3.05) is 26.2 Å². The Balaban J connectivity index is 1.67. The predicted octanol–water partition coefficient (Wildman–Crippen LogP) is 2.35. The SMILES string of the molecule is O=C(C1=C(O)C(=O)N(CCN2CCCC2)C1c1cccnc1)c1ccco1. The van der Waals surface area contributed by atoms with E-state index >= 15 is 0 Å². The van der Waals surface area contributed by atoms with E-state index in [9.17, 15) is 14.7 Å². The second kappa shape index (κ2) is 7.36. The number of aliphatic hydroxyl groups excluding tert-OH is 1. The van der Waals surface area contributed by atoms with Crippen LogP contribution in [0.15, 0.2) is 58.7 Å². The van der Waals surface area contributed by atoms with Crippen LogP contribution in [0, 0.1) is 0 Å². The molecule has 1 unspecified atom stereocenters. The summed E-state index contributed by atoms with van der Waals surface area (Å²) in [7, 11) is 0. The van der Waals surface area contributed by atoms with Crippen molar-refractivity contribution in [1.29, 1.82) is 0 Å². The number of Topliss-reactive ketones (excluding diaryl/α,β-unsaturated/α-hetero) is 1. The number of carbonyl (C=O) groups excluding carboxylic acids is 2. The van der Waals surface area contributed by atoms with Crippen LogP contribution in [0.4, 0.5) is 0 Å². The van der Waals surface area contributed by atoms with Crippen molar-refractivity contribution >= 4 is 11.7 Å². The summed E-state index contributed by atoms with van der Waals surface area (Å²) in [4.78, 5) is 33.7. The average Bonchev–Trinajstić information content (AvgIpc) is 3.43. The molecule has 1 fully saturated rings. The molecule has 140 valence electrons. The van der Waals surface area contributed by atoms with Crippen LogP contribution in [0.3, 0.4) is 0 Å². The molecular formula is C20H21N3O4. The van der Waals surface area contributed by atoms with Gasteiger partial charge in [0, 0.05) is 25.5 Å². The Morgan fingerprint density at radius 1 is 1.22 bits per heavy atom. The molecule has 7 nitrogen and oxygen atoms in total. The topological polar surface area (TPSA) is 86.9 Å². The summed E-state index contributed by atoms with van der Waals surface area (Å²) < 4.78 is 5.20. The zero-order chi connectivity index (χ0) is 18.8. The molecule has 0 aromatic carbocycles. The predicted molar refractivity (Wildman–Crippen MR) is 97.1 cm³/mol. The van der Waals surface area contributed by atoms with Gasteiger partial charge in [-0.3, -0.25) is 14.6 Å². The number of amides is 1. The maximum atomic E-state index is 12.9. The molecule has 27 heavy (non-hydrogen) atoms. The monoisotopic (exact) mass is 367 g/mol. The van der Waals surface area contributed by atoms with Gasteiger partial charge in [0.15, 0.2) is 11.5 Å². The maximum absolute atomic E-state index is 12.9. The fourth-order valence-corrected chi connectivity index (χ4v) is 3.80. The Morgan fingerprint density at radius 3 is 2.70 bits per heavy atom. The number of aromatic nitrogens is 1. The molecule has 2 aliphatic rings. The van der Waals surface area contributed by atoms with E-state index in [2.05, 4.69) is 9.88 Å². The summed E-state index contributed by atoms with van der Waals surface area (Å²) in [5, 5.41) is 10.5.